The number of benzene rings is 1. The molecule has 1 saturated heterocycles. The molecule has 1 spiro atoms. The minimum atomic E-state index is -0.330. The molecule has 0 bridgehead atoms. The second-order valence-electron chi connectivity index (χ2n) is 8.00. The average Bonchev–Trinajstić information content (AvgIpc) is 3.44. The van der Waals surface area contributed by atoms with Gasteiger partial charge in [-0.15, -0.1) is 0 Å². The summed E-state index contributed by atoms with van der Waals surface area (Å²) in [4.78, 5) is 19.2. The van der Waals surface area contributed by atoms with E-state index in [1.807, 2.05) is 6.07 Å². The number of amides is 1. The molecule has 2 aromatic rings. The molecule has 1 amide bonds. The van der Waals surface area contributed by atoms with Gasteiger partial charge in [-0.2, -0.15) is 0 Å². The van der Waals surface area contributed by atoms with E-state index in [1.54, 1.807) is 29.3 Å². The molecule has 1 unspecified atom stereocenters. The maximum atomic E-state index is 14.8. The molecule has 3 aliphatic rings. The van der Waals surface area contributed by atoms with Crippen LogP contribution in [0.5, 0.6) is 5.88 Å². The third-order valence-corrected chi connectivity index (χ3v) is 6.25. The Kier molecular flexibility index (Phi) is 4.31. The van der Waals surface area contributed by atoms with Crippen LogP contribution >= 0.6 is 0 Å². The van der Waals surface area contributed by atoms with Crippen LogP contribution in [0.15, 0.2) is 36.5 Å². The Morgan fingerprint density at radius 1 is 1.29 bits per heavy atom. The normalized spacial score (nSPS) is 22.6. The van der Waals surface area contributed by atoms with Gasteiger partial charge in [0.05, 0.1) is 18.9 Å². The van der Waals surface area contributed by atoms with E-state index in [-0.39, 0.29) is 23.2 Å². The van der Waals surface area contributed by atoms with Crippen LogP contribution in [-0.4, -0.2) is 36.8 Å². The Morgan fingerprint density at radius 2 is 2.14 bits per heavy atom. The molecular formula is C22H23FN2O3. The number of carbonyl (C=O) groups excluding carboxylic acids is 1. The van der Waals surface area contributed by atoms with Crippen LogP contribution in [0.2, 0.25) is 0 Å². The van der Waals surface area contributed by atoms with E-state index >= 15 is 0 Å². The number of aromatic nitrogens is 1. The second-order valence-corrected chi connectivity index (χ2v) is 8.00. The van der Waals surface area contributed by atoms with Gasteiger partial charge in [-0.25, -0.2) is 9.37 Å². The van der Waals surface area contributed by atoms with Gasteiger partial charge in [-0.3, -0.25) is 4.79 Å². The third kappa shape index (κ3) is 2.87. The number of anilines is 1. The van der Waals surface area contributed by atoms with Gasteiger partial charge in [0.2, 0.25) is 5.88 Å². The molecule has 3 heterocycles. The van der Waals surface area contributed by atoms with Gasteiger partial charge in [0.25, 0.3) is 5.91 Å². The van der Waals surface area contributed by atoms with Crippen LogP contribution in [0.3, 0.4) is 0 Å². The van der Waals surface area contributed by atoms with Gasteiger partial charge in [0.15, 0.2) is 0 Å². The Balaban J connectivity index is 1.46. The first-order chi connectivity index (χ1) is 13.7. The molecule has 1 aliphatic carbocycles. The van der Waals surface area contributed by atoms with E-state index < -0.39 is 0 Å². The van der Waals surface area contributed by atoms with Crippen molar-refractivity contribution in [1.29, 1.82) is 0 Å². The molecule has 6 heteroatoms. The van der Waals surface area contributed by atoms with Crippen molar-refractivity contribution in [2.75, 3.05) is 24.7 Å². The van der Waals surface area contributed by atoms with Gasteiger partial charge < -0.3 is 14.4 Å². The number of hydrogen-bond donors (Lipinski definition) is 0. The molecule has 1 aromatic heterocycles. The van der Waals surface area contributed by atoms with E-state index in [0.717, 1.165) is 37.7 Å². The monoisotopic (exact) mass is 382 g/mol. The molecule has 2 fully saturated rings. The summed E-state index contributed by atoms with van der Waals surface area (Å²) in [5.41, 5.74) is 1.78. The van der Waals surface area contributed by atoms with E-state index in [2.05, 4.69) is 4.98 Å². The van der Waals surface area contributed by atoms with Gasteiger partial charge in [-0.05, 0) is 30.5 Å². The lowest BCUT2D eigenvalue weighted by molar-refractivity contribution is 0.0982. The zero-order valence-corrected chi connectivity index (χ0v) is 15.7. The highest BCUT2D eigenvalue weighted by molar-refractivity contribution is 6.08. The van der Waals surface area contributed by atoms with Crippen molar-refractivity contribution in [3.8, 4) is 5.88 Å². The number of pyridine rings is 1. The highest BCUT2D eigenvalue weighted by Gasteiger charge is 2.47. The SMILES string of the molecule is O=C(c1ccnc(OC2CCOC2)c1)N1CC2(CCCC2)c2cccc(F)c21. The number of carbonyl (C=O) groups is 1. The molecule has 5 rings (SSSR count). The Hall–Kier alpha value is -2.47. The summed E-state index contributed by atoms with van der Waals surface area (Å²) in [6, 6.07) is 8.50. The third-order valence-electron chi connectivity index (χ3n) is 6.25. The lowest BCUT2D eigenvalue weighted by Gasteiger charge is -2.24. The quantitative estimate of drug-likeness (QED) is 0.809. The van der Waals surface area contributed by atoms with Crippen molar-refractivity contribution in [3.05, 3.63) is 53.5 Å². The van der Waals surface area contributed by atoms with Gasteiger partial charge in [-0.1, -0.05) is 25.0 Å². The van der Waals surface area contributed by atoms with E-state index in [9.17, 15) is 9.18 Å². The summed E-state index contributed by atoms with van der Waals surface area (Å²) in [6.45, 7) is 1.75. The highest BCUT2D eigenvalue weighted by atomic mass is 19.1. The van der Waals surface area contributed by atoms with Gasteiger partial charge in [0.1, 0.15) is 11.9 Å². The number of nitrogens with zero attached hydrogens (tertiary/aromatic N) is 2. The number of ether oxygens (including phenoxy) is 2. The molecule has 0 N–H and O–H groups in total. The Morgan fingerprint density at radius 3 is 2.93 bits per heavy atom. The molecule has 1 atom stereocenters. The van der Waals surface area contributed by atoms with Crippen molar-refractivity contribution in [2.24, 2.45) is 0 Å². The zero-order chi connectivity index (χ0) is 19.1. The average molecular weight is 382 g/mol. The second kappa shape index (κ2) is 6.85. The van der Waals surface area contributed by atoms with Crippen LogP contribution in [0.25, 0.3) is 0 Å². The number of halogens is 1. The molecule has 1 aromatic carbocycles. The fraction of sp³-hybridized carbons (Fsp3) is 0.455. The lowest BCUT2D eigenvalue weighted by Crippen LogP contribution is -2.35. The van der Waals surface area contributed by atoms with Crippen molar-refractivity contribution >= 4 is 11.6 Å². The maximum Gasteiger partial charge on any atom is 0.258 e. The van der Waals surface area contributed by atoms with Crippen molar-refractivity contribution in [2.45, 2.75) is 43.6 Å². The first kappa shape index (κ1) is 17.6. The maximum absolute atomic E-state index is 14.8. The summed E-state index contributed by atoms with van der Waals surface area (Å²) >= 11 is 0. The lowest BCUT2D eigenvalue weighted by atomic mass is 9.81. The first-order valence-corrected chi connectivity index (χ1v) is 9.98. The predicted molar refractivity (Wildman–Crippen MR) is 102 cm³/mol. The smallest absolute Gasteiger partial charge is 0.258 e. The molecule has 5 nitrogen and oxygen atoms in total. The number of hydrogen-bond acceptors (Lipinski definition) is 4. The fourth-order valence-electron chi connectivity index (χ4n) is 4.88. The van der Waals surface area contributed by atoms with Crippen LogP contribution in [0.4, 0.5) is 10.1 Å². The van der Waals surface area contributed by atoms with E-state index in [0.29, 0.717) is 36.9 Å². The summed E-state index contributed by atoms with van der Waals surface area (Å²) in [7, 11) is 0. The van der Waals surface area contributed by atoms with Crippen molar-refractivity contribution < 1.29 is 18.7 Å². The minimum absolute atomic E-state index is 0.0374. The zero-order valence-electron chi connectivity index (χ0n) is 15.7. The molecule has 146 valence electrons. The molecule has 0 radical (unpaired) electrons. The topological polar surface area (TPSA) is 51.7 Å². The van der Waals surface area contributed by atoms with Crippen molar-refractivity contribution in [3.63, 3.8) is 0 Å². The number of rotatable bonds is 3. The van der Waals surface area contributed by atoms with Gasteiger partial charge >= 0.3 is 0 Å². The van der Waals surface area contributed by atoms with Crippen LogP contribution in [0.1, 0.15) is 48.0 Å². The highest BCUT2D eigenvalue weighted by Crippen LogP contribution is 2.51. The fourth-order valence-corrected chi connectivity index (χ4v) is 4.88. The number of fused-ring (bicyclic) bond motifs is 2. The standard InChI is InChI=1S/C22H23FN2O3/c23-18-5-3-4-17-20(18)25(14-22(17)8-1-2-9-22)21(26)15-6-10-24-19(12-15)28-16-7-11-27-13-16/h3-6,10,12,16H,1-2,7-9,11,13-14H2. The molecule has 1 saturated carbocycles. The first-order valence-electron chi connectivity index (χ1n) is 9.98. The molecule has 2 aliphatic heterocycles. The summed E-state index contributed by atoms with van der Waals surface area (Å²) in [6.07, 6.45) is 6.59. The van der Waals surface area contributed by atoms with Crippen LogP contribution in [-0.2, 0) is 10.2 Å². The summed E-state index contributed by atoms with van der Waals surface area (Å²) in [5.74, 6) is -0.127. The summed E-state index contributed by atoms with van der Waals surface area (Å²) in [5, 5.41) is 0. The minimum Gasteiger partial charge on any atom is -0.472 e. The van der Waals surface area contributed by atoms with Crippen LogP contribution in [0, 0.1) is 5.82 Å². The number of para-hydroxylation sites is 1. The predicted octanol–water partition coefficient (Wildman–Crippen LogP) is 3.86. The van der Waals surface area contributed by atoms with Gasteiger partial charge in [0, 0.05) is 36.2 Å². The summed E-state index contributed by atoms with van der Waals surface area (Å²) < 4.78 is 25.9. The van der Waals surface area contributed by atoms with E-state index in [4.69, 9.17) is 9.47 Å². The molecular weight excluding hydrogens is 359 g/mol. The Bertz CT molecular complexity index is 904. The van der Waals surface area contributed by atoms with E-state index in [1.165, 1.54) is 6.07 Å². The largest absolute Gasteiger partial charge is 0.472 e. The Labute approximate surface area is 163 Å². The molecule has 28 heavy (non-hydrogen) atoms. The van der Waals surface area contributed by atoms with Crippen LogP contribution < -0.4 is 9.64 Å². The van der Waals surface area contributed by atoms with Crippen molar-refractivity contribution in [1.82, 2.24) is 4.98 Å².